The number of carbonyl (C=O) groups excluding carboxylic acids is 3. The van der Waals surface area contributed by atoms with E-state index in [2.05, 4.69) is 34.4 Å². The zero-order valence-corrected chi connectivity index (χ0v) is 37.5. The summed E-state index contributed by atoms with van der Waals surface area (Å²) in [6, 6.07) is 0. The number of nitrogens with zero attached hydrogens (tertiary/aromatic N) is 4. The van der Waals surface area contributed by atoms with Crippen molar-refractivity contribution in [3.8, 4) is 0 Å². The number of amides is 2. The van der Waals surface area contributed by atoms with Gasteiger partial charge < -0.3 is 61.1 Å². The molecule has 2 unspecified atom stereocenters. The van der Waals surface area contributed by atoms with Gasteiger partial charge in [0.25, 0.3) is 0 Å². The second kappa shape index (κ2) is 25.3. The van der Waals surface area contributed by atoms with Gasteiger partial charge >= 0.3 is 35.4 Å². The van der Waals surface area contributed by atoms with Crippen molar-refractivity contribution >= 4 is 81.1 Å². The molecule has 3 rings (SSSR count). The fraction of sp³-hybridized carbons (Fsp3) is 0.677. The lowest BCUT2D eigenvalue weighted by molar-refractivity contribution is -0.139. The Morgan fingerprint density at radius 1 is 0.937 bits per heavy atom. The number of hydrogen-bond acceptors (Lipinski definition) is 20. The summed E-state index contributed by atoms with van der Waals surface area (Å²) in [4.78, 5) is 107. The highest BCUT2D eigenvalue weighted by molar-refractivity contribution is 8.13. The molecule has 0 bridgehead atoms. The first-order valence-electron chi connectivity index (χ1n) is 18.7. The number of thioether (sulfide) groups is 1. The number of aliphatic hydroxyl groups excluding tert-OH is 2. The molecule has 3 heterocycles. The summed E-state index contributed by atoms with van der Waals surface area (Å²) >= 11 is 1.09. The number of nitrogen functional groups attached to an aromatic ring is 1. The zero-order valence-electron chi connectivity index (χ0n) is 34.0. The highest BCUT2D eigenvalue weighted by Crippen LogP contribution is 2.61. The number of anilines is 1. The topological polar surface area (TPSA) is 438 Å². The van der Waals surface area contributed by atoms with Crippen LogP contribution in [-0.4, -0.2) is 145 Å². The van der Waals surface area contributed by atoms with E-state index in [1.54, 1.807) is 0 Å². The number of fused-ring (bicyclic) bond motifs is 1. The fourth-order valence-electron chi connectivity index (χ4n) is 5.12. The number of imidazole rings is 1. The van der Waals surface area contributed by atoms with Crippen molar-refractivity contribution in [3.05, 3.63) is 12.7 Å². The Morgan fingerprint density at radius 3 is 2.14 bits per heavy atom. The SMILES string of the molecule is CCCC(=O)SCCNC(=O)CCNC(=O)[C@H](O)C(C)(C)COP(=O)(O)OP(=O)(O)OC[C@H]1O[C@@H](n2cnc3c(N)ncnc32)[C@H](O)[C@@H]1OP(=O)(O)O.O=C(O)CCCCC(=O)O. The lowest BCUT2D eigenvalue weighted by Gasteiger charge is -2.30. The summed E-state index contributed by atoms with van der Waals surface area (Å²) in [7, 11) is -16.4. The van der Waals surface area contributed by atoms with Crippen molar-refractivity contribution in [1.29, 1.82) is 0 Å². The summed E-state index contributed by atoms with van der Waals surface area (Å²) < 4.78 is 61.9. The highest BCUT2D eigenvalue weighted by Gasteiger charge is 2.50. The monoisotopic (exact) mass is 983 g/mol. The van der Waals surface area contributed by atoms with Gasteiger partial charge in [0.15, 0.2) is 22.8 Å². The van der Waals surface area contributed by atoms with E-state index in [9.17, 15) is 67.5 Å². The molecule has 1 aliphatic heterocycles. The van der Waals surface area contributed by atoms with Crippen molar-refractivity contribution in [2.24, 2.45) is 5.41 Å². The third-order valence-electron chi connectivity index (χ3n) is 8.25. The molecule has 2 aromatic heterocycles. The normalized spacial score (nSPS) is 20.1. The first kappa shape index (κ1) is 55.6. The van der Waals surface area contributed by atoms with Gasteiger partial charge in [-0.05, 0) is 19.3 Å². The lowest BCUT2D eigenvalue weighted by Crippen LogP contribution is -2.46. The van der Waals surface area contributed by atoms with E-state index < -0.39 is 96.5 Å². The average molecular weight is 984 g/mol. The number of ether oxygens (including phenoxy) is 1. The zero-order chi connectivity index (χ0) is 47.8. The molecular formula is C31H52N7O21P3S. The molecule has 358 valence electrons. The maximum Gasteiger partial charge on any atom is 0.481 e. The first-order chi connectivity index (χ1) is 29.2. The van der Waals surface area contributed by atoms with Crippen molar-refractivity contribution < 1.29 is 100 Å². The Morgan fingerprint density at radius 2 is 1.56 bits per heavy atom. The molecule has 2 aromatic rings. The van der Waals surface area contributed by atoms with Gasteiger partial charge in [0.05, 0.1) is 19.5 Å². The number of carboxylic acids is 2. The lowest BCUT2D eigenvalue weighted by atomic mass is 9.87. The van der Waals surface area contributed by atoms with Crippen LogP contribution in [0.3, 0.4) is 0 Å². The quantitative estimate of drug-likeness (QED) is 0.0442. The van der Waals surface area contributed by atoms with Crippen LogP contribution in [0.1, 0.15) is 71.9 Å². The van der Waals surface area contributed by atoms with Crippen LogP contribution in [-0.2, 0) is 60.3 Å². The molecule has 2 amide bonds. The third-order valence-corrected chi connectivity index (χ3v) is 12.3. The molecule has 1 saturated heterocycles. The minimum atomic E-state index is -5.56. The van der Waals surface area contributed by atoms with Gasteiger partial charge in [-0.1, -0.05) is 32.5 Å². The number of aliphatic carboxylic acids is 2. The highest BCUT2D eigenvalue weighted by atomic mass is 32.2. The van der Waals surface area contributed by atoms with Gasteiger partial charge in [-0.3, -0.25) is 42.1 Å². The average Bonchev–Trinajstić information content (AvgIpc) is 3.73. The van der Waals surface area contributed by atoms with E-state index >= 15 is 0 Å². The Kier molecular flexibility index (Phi) is 22.3. The number of carboxylic acid groups (broad SMARTS) is 2. The minimum Gasteiger partial charge on any atom is -0.481 e. The number of rotatable bonds is 26. The smallest absolute Gasteiger partial charge is 0.481 e. The number of hydrogen-bond donors (Lipinski definition) is 11. The molecular weight excluding hydrogens is 931 g/mol. The molecule has 0 saturated carbocycles. The predicted octanol–water partition coefficient (Wildman–Crippen LogP) is 0.181. The number of phosphoric acid groups is 3. The molecule has 1 fully saturated rings. The van der Waals surface area contributed by atoms with E-state index in [0.29, 0.717) is 25.0 Å². The number of aromatic nitrogens is 4. The maximum absolute atomic E-state index is 12.6. The standard InChI is InChI=1S/C25H42N7O17P3S.C6H10O4/c1-4-5-16(34)53-9-8-27-15(33)6-7-28-23(37)20(36)25(2,3)11-46-52(43,44)49-51(41,42)45-10-14-19(48-50(38,39)40)18(35)24(47-14)32-13-31-17-21(26)29-12-30-22(17)32;7-5(8)3-1-2-4-6(9)10/h12-14,18-20,24,35-36H,4-11H2,1-3H3,(H,27,33)(H,28,37)(H,41,42)(H,43,44)(H2,26,29,30)(H2,38,39,40);1-4H2,(H,7,8)(H,9,10)/t14-,18-,19-,20+,24-;/m1./s1. The number of nitrogens with one attached hydrogen (secondary N) is 2. The second-order valence-electron chi connectivity index (χ2n) is 14.0. The van der Waals surface area contributed by atoms with Crippen LogP contribution in [0.2, 0.25) is 0 Å². The molecule has 0 radical (unpaired) electrons. The Labute approximate surface area is 363 Å². The first-order valence-corrected chi connectivity index (χ1v) is 24.2. The van der Waals surface area contributed by atoms with Crippen LogP contribution in [0.25, 0.3) is 11.2 Å². The van der Waals surface area contributed by atoms with E-state index in [1.165, 1.54) is 13.8 Å². The van der Waals surface area contributed by atoms with Crippen molar-refractivity contribution in [1.82, 2.24) is 30.2 Å². The predicted molar refractivity (Wildman–Crippen MR) is 216 cm³/mol. The molecule has 0 aromatic carbocycles. The van der Waals surface area contributed by atoms with E-state index in [4.69, 9.17) is 29.7 Å². The van der Waals surface area contributed by atoms with Crippen LogP contribution in [0.5, 0.6) is 0 Å². The Hall–Kier alpha value is -3.50. The van der Waals surface area contributed by atoms with Crippen molar-refractivity contribution in [3.63, 3.8) is 0 Å². The summed E-state index contributed by atoms with van der Waals surface area (Å²) in [6.45, 7) is 2.41. The molecule has 0 spiro atoms. The van der Waals surface area contributed by atoms with Crippen molar-refractivity contribution in [2.45, 2.75) is 96.4 Å². The summed E-state index contributed by atoms with van der Waals surface area (Å²) in [6.07, 6.45) is -4.71. The summed E-state index contributed by atoms with van der Waals surface area (Å²) in [5.74, 6) is -2.80. The third kappa shape index (κ3) is 20.1. The number of carbonyl (C=O) groups is 5. The van der Waals surface area contributed by atoms with Gasteiger partial charge in [-0.2, -0.15) is 4.31 Å². The van der Waals surface area contributed by atoms with E-state index in [0.717, 1.165) is 35.4 Å². The van der Waals surface area contributed by atoms with Crippen LogP contribution in [0.15, 0.2) is 12.7 Å². The summed E-state index contributed by atoms with van der Waals surface area (Å²) in [5, 5.41) is 42.6. The Bertz CT molecular complexity index is 2010. The Balaban J connectivity index is 0.00000121. The number of unbranched alkanes of at least 4 members (excludes halogenated alkanes) is 1. The van der Waals surface area contributed by atoms with Crippen LogP contribution >= 0.6 is 35.2 Å². The van der Waals surface area contributed by atoms with Crippen LogP contribution < -0.4 is 16.4 Å². The molecule has 0 aliphatic carbocycles. The molecule has 63 heavy (non-hydrogen) atoms. The minimum absolute atomic E-state index is 0.0127. The molecule has 12 N–H and O–H groups in total. The van der Waals surface area contributed by atoms with Gasteiger partial charge in [0.1, 0.15) is 36.3 Å². The van der Waals surface area contributed by atoms with Gasteiger partial charge in [-0.25, -0.2) is 28.6 Å². The number of phosphoric ester groups is 3. The van der Waals surface area contributed by atoms with E-state index in [-0.39, 0.29) is 54.4 Å². The number of nitrogens with two attached hydrogens (primary N) is 1. The van der Waals surface area contributed by atoms with Gasteiger partial charge in [0.2, 0.25) is 11.8 Å². The van der Waals surface area contributed by atoms with Gasteiger partial charge in [0, 0.05) is 49.9 Å². The molecule has 1 aliphatic rings. The maximum atomic E-state index is 12.6. The summed E-state index contributed by atoms with van der Waals surface area (Å²) in [5.41, 5.74) is 4.27. The largest absolute Gasteiger partial charge is 0.481 e. The number of aliphatic hydroxyl groups is 2. The van der Waals surface area contributed by atoms with Gasteiger partial charge in [-0.15, -0.1) is 0 Å². The van der Waals surface area contributed by atoms with Crippen LogP contribution in [0, 0.1) is 5.41 Å². The fourth-order valence-corrected chi connectivity index (χ4v) is 8.73. The molecule has 28 nitrogen and oxygen atoms in total. The second-order valence-corrected chi connectivity index (χ2v) is 19.4. The van der Waals surface area contributed by atoms with E-state index in [1.807, 2.05) is 6.92 Å². The molecule has 7 atom stereocenters. The molecule has 32 heteroatoms. The van der Waals surface area contributed by atoms with Crippen LogP contribution in [0.4, 0.5) is 5.82 Å². The van der Waals surface area contributed by atoms with Crippen molar-refractivity contribution in [2.75, 3.05) is 37.8 Å².